The molecule has 0 unspecified atom stereocenters. The van der Waals surface area contributed by atoms with E-state index in [1.165, 1.54) is 4.31 Å². The van der Waals surface area contributed by atoms with Crippen molar-refractivity contribution in [3.63, 3.8) is 0 Å². The van der Waals surface area contributed by atoms with Gasteiger partial charge in [-0.1, -0.05) is 17.7 Å². The Morgan fingerprint density at radius 2 is 1.59 bits per heavy atom. The SMILES string of the molecule is Cc1ccc(S(=O)(=O)N2CCCN([C@@H](C)C(=O)Nc3ccc(N4CCOCC4)cc3)CC2)cc1. The number of amides is 1. The number of hydrogen-bond donors (Lipinski definition) is 1. The summed E-state index contributed by atoms with van der Waals surface area (Å²) in [5.41, 5.74) is 2.90. The summed E-state index contributed by atoms with van der Waals surface area (Å²) in [5, 5.41) is 3.01. The van der Waals surface area contributed by atoms with Gasteiger partial charge in [-0.2, -0.15) is 4.31 Å². The van der Waals surface area contributed by atoms with Gasteiger partial charge in [-0.3, -0.25) is 9.69 Å². The smallest absolute Gasteiger partial charge is 0.243 e. The number of benzene rings is 2. The van der Waals surface area contributed by atoms with E-state index < -0.39 is 10.0 Å². The first-order valence-electron chi connectivity index (χ1n) is 11.9. The van der Waals surface area contributed by atoms with Gasteiger partial charge in [0, 0.05) is 50.6 Å². The fourth-order valence-electron chi connectivity index (χ4n) is 4.39. The zero-order chi connectivity index (χ0) is 24.1. The summed E-state index contributed by atoms with van der Waals surface area (Å²) in [6, 6.07) is 14.5. The van der Waals surface area contributed by atoms with Gasteiger partial charge in [-0.25, -0.2) is 8.42 Å². The maximum absolute atomic E-state index is 13.1. The highest BCUT2D eigenvalue weighted by atomic mass is 32.2. The lowest BCUT2D eigenvalue weighted by atomic mass is 10.2. The molecular formula is C25H34N4O4S. The van der Waals surface area contributed by atoms with Crippen LogP contribution in [0.3, 0.4) is 0 Å². The first-order valence-corrected chi connectivity index (χ1v) is 13.3. The highest BCUT2D eigenvalue weighted by Crippen LogP contribution is 2.21. The van der Waals surface area contributed by atoms with Crippen molar-refractivity contribution >= 4 is 27.3 Å². The Balaban J connectivity index is 1.33. The first-order chi connectivity index (χ1) is 16.3. The van der Waals surface area contributed by atoms with Crippen LogP contribution in [0.1, 0.15) is 18.9 Å². The standard InChI is InChI=1S/C25H34N4O4S/c1-20-4-10-24(11-5-20)34(31,32)29-13-3-12-27(14-15-29)21(2)25(30)26-22-6-8-23(9-7-22)28-16-18-33-19-17-28/h4-11,21H,3,12-19H2,1-2H3,(H,26,30)/t21-/m0/s1. The molecule has 2 aliphatic rings. The monoisotopic (exact) mass is 486 g/mol. The summed E-state index contributed by atoms with van der Waals surface area (Å²) < 4.78 is 33.1. The van der Waals surface area contributed by atoms with Crippen LogP contribution < -0.4 is 10.2 Å². The fourth-order valence-corrected chi connectivity index (χ4v) is 5.86. The molecule has 8 nitrogen and oxygen atoms in total. The number of ether oxygens (including phenoxy) is 1. The number of rotatable bonds is 6. The van der Waals surface area contributed by atoms with Gasteiger partial charge in [-0.05, 0) is 56.7 Å². The van der Waals surface area contributed by atoms with Crippen molar-refractivity contribution in [2.75, 3.05) is 62.7 Å². The minimum absolute atomic E-state index is 0.0889. The zero-order valence-electron chi connectivity index (χ0n) is 19.9. The van der Waals surface area contributed by atoms with Crippen LogP contribution in [0.15, 0.2) is 53.4 Å². The Bertz CT molecular complexity index is 1070. The molecule has 0 radical (unpaired) electrons. The number of hydrogen-bond acceptors (Lipinski definition) is 6. The molecule has 0 aliphatic carbocycles. The second-order valence-electron chi connectivity index (χ2n) is 8.92. The molecule has 0 aromatic heterocycles. The Hall–Kier alpha value is -2.46. The maximum atomic E-state index is 13.1. The Kier molecular flexibility index (Phi) is 7.88. The molecule has 0 bridgehead atoms. The van der Waals surface area contributed by atoms with Crippen LogP contribution in [0.2, 0.25) is 0 Å². The number of carbonyl (C=O) groups excluding carboxylic acids is 1. The third kappa shape index (κ3) is 5.78. The van der Waals surface area contributed by atoms with E-state index >= 15 is 0 Å². The van der Waals surface area contributed by atoms with E-state index in [2.05, 4.69) is 15.1 Å². The molecule has 0 saturated carbocycles. The molecule has 1 amide bonds. The van der Waals surface area contributed by atoms with Crippen molar-refractivity contribution in [1.29, 1.82) is 0 Å². The summed E-state index contributed by atoms with van der Waals surface area (Å²) in [5.74, 6) is -0.0889. The number of carbonyl (C=O) groups is 1. The average molecular weight is 487 g/mol. The molecule has 184 valence electrons. The van der Waals surface area contributed by atoms with E-state index in [1.807, 2.05) is 50.2 Å². The molecule has 1 atom stereocenters. The summed E-state index contributed by atoms with van der Waals surface area (Å²) in [6.45, 7) is 9.01. The van der Waals surface area contributed by atoms with Crippen molar-refractivity contribution in [3.8, 4) is 0 Å². The molecule has 1 N–H and O–H groups in total. The maximum Gasteiger partial charge on any atom is 0.243 e. The van der Waals surface area contributed by atoms with Crippen molar-refractivity contribution in [2.45, 2.75) is 31.2 Å². The van der Waals surface area contributed by atoms with E-state index in [0.717, 1.165) is 43.2 Å². The lowest BCUT2D eigenvalue weighted by molar-refractivity contribution is -0.120. The van der Waals surface area contributed by atoms with Crippen LogP contribution in [0, 0.1) is 6.92 Å². The Labute approximate surface area is 202 Å². The van der Waals surface area contributed by atoms with E-state index in [4.69, 9.17) is 4.74 Å². The van der Waals surface area contributed by atoms with Gasteiger partial charge < -0.3 is 15.0 Å². The van der Waals surface area contributed by atoms with Crippen LogP contribution >= 0.6 is 0 Å². The molecule has 9 heteroatoms. The zero-order valence-corrected chi connectivity index (χ0v) is 20.8. The second kappa shape index (κ2) is 10.9. The topological polar surface area (TPSA) is 82.2 Å². The fraction of sp³-hybridized carbons (Fsp3) is 0.480. The van der Waals surface area contributed by atoms with Gasteiger partial charge in [0.25, 0.3) is 0 Å². The van der Waals surface area contributed by atoms with E-state index in [0.29, 0.717) is 37.5 Å². The largest absolute Gasteiger partial charge is 0.378 e. The predicted octanol–water partition coefficient (Wildman–Crippen LogP) is 2.56. The highest BCUT2D eigenvalue weighted by molar-refractivity contribution is 7.89. The number of aryl methyl sites for hydroxylation is 1. The van der Waals surface area contributed by atoms with Crippen LogP contribution in [-0.4, -0.2) is 82.1 Å². The quantitative estimate of drug-likeness (QED) is 0.676. The molecule has 2 aromatic rings. The molecule has 2 aliphatic heterocycles. The number of nitrogens with one attached hydrogen (secondary N) is 1. The summed E-state index contributed by atoms with van der Waals surface area (Å²) in [7, 11) is -3.54. The van der Waals surface area contributed by atoms with Crippen LogP contribution in [0.25, 0.3) is 0 Å². The number of morpholine rings is 1. The lowest BCUT2D eigenvalue weighted by Gasteiger charge is -2.29. The van der Waals surface area contributed by atoms with Gasteiger partial charge >= 0.3 is 0 Å². The van der Waals surface area contributed by atoms with Gasteiger partial charge in [0.2, 0.25) is 15.9 Å². The number of nitrogens with zero attached hydrogens (tertiary/aromatic N) is 3. The van der Waals surface area contributed by atoms with Crippen molar-refractivity contribution in [1.82, 2.24) is 9.21 Å². The minimum Gasteiger partial charge on any atom is -0.378 e. The van der Waals surface area contributed by atoms with Gasteiger partial charge in [0.05, 0.1) is 24.2 Å². The van der Waals surface area contributed by atoms with Crippen molar-refractivity contribution < 1.29 is 17.9 Å². The molecule has 2 fully saturated rings. The van der Waals surface area contributed by atoms with Gasteiger partial charge in [-0.15, -0.1) is 0 Å². The molecule has 2 heterocycles. The molecule has 2 saturated heterocycles. The number of anilines is 2. The van der Waals surface area contributed by atoms with Crippen molar-refractivity contribution in [3.05, 3.63) is 54.1 Å². The average Bonchev–Trinajstić information content (AvgIpc) is 3.12. The summed E-state index contributed by atoms with van der Waals surface area (Å²) in [4.78, 5) is 17.6. The van der Waals surface area contributed by atoms with E-state index in [9.17, 15) is 13.2 Å². The van der Waals surface area contributed by atoms with Crippen LogP contribution in [0.5, 0.6) is 0 Å². The Morgan fingerprint density at radius 1 is 0.912 bits per heavy atom. The third-order valence-corrected chi connectivity index (χ3v) is 8.50. The second-order valence-corrected chi connectivity index (χ2v) is 10.9. The molecule has 34 heavy (non-hydrogen) atoms. The van der Waals surface area contributed by atoms with Gasteiger partial charge in [0.1, 0.15) is 0 Å². The molecule has 4 rings (SSSR count). The normalized spacial score (nSPS) is 19.4. The molecule has 0 spiro atoms. The summed E-state index contributed by atoms with van der Waals surface area (Å²) in [6.07, 6.45) is 0.678. The lowest BCUT2D eigenvalue weighted by Crippen LogP contribution is -2.44. The van der Waals surface area contributed by atoms with Gasteiger partial charge in [0.15, 0.2) is 0 Å². The highest BCUT2D eigenvalue weighted by Gasteiger charge is 2.30. The Morgan fingerprint density at radius 3 is 2.26 bits per heavy atom. The van der Waals surface area contributed by atoms with Crippen LogP contribution in [-0.2, 0) is 19.6 Å². The summed E-state index contributed by atoms with van der Waals surface area (Å²) >= 11 is 0. The third-order valence-electron chi connectivity index (χ3n) is 6.59. The van der Waals surface area contributed by atoms with E-state index in [-0.39, 0.29) is 11.9 Å². The van der Waals surface area contributed by atoms with Crippen molar-refractivity contribution in [2.24, 2.45) is 0 Å². The van der Waals surface area contributed by atoms with Crippen LogP contribution in [0.4, 0.5) is 11.4 Å². The molecule has 2 aromatic carbocycles. The minimum atomic E-state index is -3.54. The predicted molar refractivity (Wildman–Crippen MR) is 134 cm³/mol. The van der Waals surface area contributed by atoms with E-state index in [1.54, 1.807) is 12.1 Å². The first kappa shape index (κ1) is 24.7. The molecular weight excluding hydrogens is 452 g/mol. The number of sulfonamides is 1.